The molecule has 1 aliphatic rings. The highest BCUT2D eigenvalue weighted by Crippen LogP contribution is 2.30. The summed E-state index contributed by atoms with van der Waals surface area (Å²) in [5.41, 5.74) is 2.74. The number of ether oxygens (including phenoxy) is 2. The van der Waals surface area contributed by atoms with E-state index in [1.54, 1.807) is 11.7 Å². The van der Waals surface area contributed by atoms with Crippen molar-refractivity contribution in [1.29, 1.82) is 0 Å². The summed E-state index contributed by atoms with van der Waals surface area (Å²) in [6, 6.07) is 3.92. The molecule has 3 aromatic rings. The molecule has 0 aromatic carbocycles. The van der Waals surface area contributed by atoms with E-state index in [1.165, 1.54) is 4.80 Å². The van der Waals surface area contributed by atoms with Gasteiger partial charge in [-0.05, 0) is 55.9 Å². The van der Waals surface area contributed by atoms with Crippen LogP contribution in [0.2, 0.25) is 0 Å². The van der Waals surface area contributed by atoms with Gasteiger partial charge in [-0.15, -0.1) is 5.10 Å². The first-order chi connectivity index (χ1) is 16.3. The second kappa shape index (κ2) is 10.1. The van der Waals surface area contributed by atoms with Crippen LogP contribution in [0.15, 0.2) is 12.1 Å². The lowest BCUT2D eigenvalue weighted by Crippen LogP contribution is -2.29. The lowest BCUT2D eigenvalue weighted by Gasteiger charge is -2.27. The minimum absolute atomic E-state index is 0.126. The summed E-state index contributed by atoms with van der Waals surface area (Å²) in [4.78, 5) is 17.5. The Bertz CT molecular complexity index is 1140. The fourth-order valence-corrected chi connectivity index (χ4v) is 3.94. The molecule has 0 unspecified atom stereocenters. The lowest BCUT2D eigenvalue weighted by atomic mass is 9.87. The fraction of sp³-hybridized carbons (Fsp3) is 0.591. The van der Waals surface area contributed by atoms with E-state index in [0.29, 0.717) is 54.7 Å². The second-order valence-corrected chi connectivity index (χ2v) is 9.04. The SMILES string of the molecule is Cc1nc(-c2nnn(C)c2Cn2nnc(OCC(C)C)n2)ccc1O[C@H]1CCC[C@H](C(=O)O)C1. The van der Waals surface area contributed by atoms with Crippen LogP contribution in [0.25, 0.3) is 11.4 Å². The molecule has 4 rings (SSSR count). The Labute approximate surface area is 197 Å². The molecule has 182 valence electrons. The van der Waals surface area contributed by atoms with Gasteiger partial charge in [-0.1, -0.05) is 29.3 Å². The number of hydrogen-bond acceptors (Lipinski definition) is 9. The molecule has 0 aliphatic heterocycles. The minimum atomic E-state index is -0.755. The molecule has 0 bridgehead atoms. The highest BCUT2D eigenvalue weighted by atomic mass is 16.5. The summed E-state index contributed by atoms with van der Waals surface area (Å²) in [7, 11) is 1.80. The van der Waals surface area contributed by atoms with Crippen molar-refractivity contribution in [2.24, 2.45) is 18.9 Å². The van der Waals surface area contributed by atoms with Crippen LogP contribution in [-0.4, -0.2) is 64.0 Å². The molecule has 0 saturated heterocycles. The minimum Gasteiger partial charge on any atom is -0.489 e. The van der Waals surface area contributed by atoms with Crippen molar-refractivity contribution in [2.45, 2.75) is 59.1 Å². The Morgan fingerprint density at radius 1 is 1.24 bits per heavy atom. The highest BCUT2D eigenvalue weighted by molar-refractivity contribution is 5.70. The first kappa shape index (κ1) is 23.6. The van der Waals surface area contributed by atoms with Crippen LogP contribution in [0, 0.1) is 18.8 Å². The van der Waals surface area contributed by atoms with Gasteiger partial charge in [-0.25, -0.2) is 9.67 Å². The van der Waals surface area contributed by atoms with E-state index in [1.807, 2.05) is 32.9 Å². The first-order valence-corrected chi connectivity index (χ1v) is 11.5. The molecular formula is C22H30N8O4. The molecule has 1 fully saturated rings. The van der Waals surface area contributed by atoms with Crippen molar-refractivity contribution in [3.05, 3.63) is 23.5 Å². The Morgan fingerprint density at radius 2 is 2.06 bits per heavy atom. The first-order valence-electron chi connectivity index (χ1n) is 11.5. The molecule has 0 radical (unpaired) electrons. The molecule has 3 aromatic heterocycles. The van der Waals surface area contributed by atoms with Crippen LogP contribution < -0.4 is 9.47 Å². The third-order valence-corrected chi connectivity index (χ3v) is 5.76. The van der Waals surface area contributed by atoms with Crippen molar-refractivity contribution in [3.63, 3.8) is 0 Å². The van der Waals surface area contributed by atoms with E-state index >= 15 is 0 Å². The molecule has 1 N–H and O–H groups in total. The molecule has 1 saturated carbocycles. The maximum absolute atomic E-state index is 11.3. The Balaban J connectivity index is 1.48. The summed E-state index contributed by atoms with van der Waals surface area (Å²) in [6.45, 7) is 6.77. The van der Waals surface area contributed by atoms with Gasteiger partial charge in [0.25, 0.3) is 0 Å². The summed E-state index contributed by atoms with van der Waals surface area (Å²) in [5.74, 6) is -0.0998. The Hall–Kier alpha value is -3.57. The van der Waals surface area contributed by atoms with Gasteiger partial charge in [-0.2, -0.15) is 4.80 Å². The zero-order chi connectivity index (χ0) is 24.2. The van der Waals surface area contributed by atoms with Crippen LogP contribution in [0.1, 0.15) is 50.9 Å². The standard InChI is InChI=1S/C22H30N8O4/c1-13(2)12-33-22-25-28-30(26-22)11-18-20(24-27-29(18)4)17-8-9-19(14(3)23-17)34-16-7-5-6-15(10-16)21(31)32/h8-9,13,15-16H,5-7,10-12H2,1-4H3,(H,31,32)/t15-,16-/m0/s1. The predicted molar refractivity (Wildman–Crippen MR) is 120 cm³/mol. The summed E-state index contributed by atoms with van der Waals surface area (Å²) < 4.78 is 13.3. The molecule has 2 atom stereocenters. The second-order valence-electron chi connectivity index (χ2n) is 9.04. The summed E-state index contributed by atoms with van der Waals surface area (Å²) >= 11 is 0. The van der Waals surface area contributed by atoms with Crippen LogP contribution in [0.3, 0.4) is 0 Å². The molecule has 34 heavy (non-hydrogen) atoms. The number of nitrogens with zero attached hydrogens (tertiary/aromatic N) is 8. The maximum atomic E-state index is 11.3. The van der Waals surface area contributed by atoms with Crippen LogP contribution >= 0.6 is 0 Å². The van der Waals surface area contributed by atoms with E-state index < -0.39 is 5.97 Å². The number of hydrogen-bond donors (Lipinski definition) is 1. The number of carboxylic acid groups (broad SMARTS) is 1. The molecule has 0 spiro atoms. The average molecular weight is 471 g/mol. The van der Waals surface area contributed by atoms with E-state index in [2.05, 4.69) is 30.7 Å². The number of carbonyl (C=O) groups is 1. The van der Waals surface area contributed by atoms with E-state index in [4.69, 9.17) is 9.47 Å². The van der Waals surface area contributed by atoms with Crippen molar-refractivity contribution >= 4 is 5.97 Å². The van der Waals surface area contributed by atoms with Gasteiger partial charge in [0.15, 0.2) is 0 Å². The maximum Gasteiger partial charge on any atom is 0.356 e. The zero-order valence-electron chi connectivity index (χ0n) is 19.9. The molecule has 3 heterocycles. The number of carboxylic acids is 1. The van der Waals surface area contributed by atoms with Gasteiger partial charge in [0, 0.05) is 7.05 Å². The fourth-order valence-electron chi connectivity index (χ4n) is 3.94. The van der Waals surface area contributed by atoms with Crippen molar-refractivity contribution in [2.75, 3.05) is 6.61 Å². The van der Waals surface area contributed by atoms with Gasteiger partial charge >= 0.3 is 12.0 Å². The molecule has 12 heteroatoms. The normalized spacial score (nSPS) is 18.3. The third-order valence-electron chi connectivity index (χ3n) is 5.76. The van der Waals surface area contributed by atoms with Gasteiger partial charge in [-0.3, -0.25) is 4.79 Å². The van der Waals surface area contributed by atoms with Gasteiger partial charge in [0.05, 0.1) is 35.7 Å². The predicted octanol–water partition coefficient (Wildman–Crippen LogP) is 2.28. The van der Waals surface area contributed by atoms with Gasteiger partial charge < -0.3 is 14.6 Å². The van der Waals surface area contributed by atoms with Crippen LogP contribution in [-0.2, 0) is 18.4 Å². The lowest BCUT2D eigenvalue weighted by molar-refractivity contribution is -0.143. The number of aryl methyl sites for hydroxylation is 2. The summed E-state index contributed by atoms with van der Waals surface area (Å²) in [5, 5.41) is 30.0. The number of pyridine rings is 1. The molecule has 0 amide bonds. The van der Waals surface area contributed by atoms with Crippen LogP contribution in [0.4, 0.5) is 0 Å². The molecule has 12 nitrogen and oxygen atoms in total. The number of tetrazole rings is 1. The largest absolute Gasteiger partial charge is 0.489 e. The van der Waals surface area contributed by atoms with Gasteiger partial charge in [0.2, 0.25) is 0 Å². The Kier molecular flexibility index (Phi) is 7.03. The topological polar surface area (TPSA) is 143 Å². The number of rotatable bonds is 9. The smallest absolute Gasteiger partial charge is 0.356 e. The van der Waals surface area contributed by atoms with Gasteiger partial charge in [0.1, 0.15) is 18.0 Å². The van der Waals surface area contributed by atoms with E-state index in [-0.39, 0.29) is 18.0 Å². The number of aliphatic carboxylic acids is 1. The van der Waals surface area contributed by atoms with Crippen molar-refractivity contribution in [1.82, 2.24) is 40.2 Å². The molecule has 1 aliphatic carbocycles. The quantitative estimate of drug-likeness (QED) is 0.494. The zero-order valence-corrected chi connectivity index (χ0v) is 19.9. The number of aromatic nitrogens is 8. The van der Waals surface area contributed by atoms with E-state index in [9.17, 15) is 9.90 Å². The van der Waals surface area contributed by atoms with E-state index in [0.717, 1.165) is 18.5 Å². The third kappa shape index (κ3) is 5.49. The van der Waals surface area contributed by atoms with Crippen LogP contribution in [0.5, 0.6) is 11.8 Å². The monoisotopic (exact) mass is 470 g/mol. The average Bonchev–Trinajstić information content (AvgIpc) is 3.41. The molecular weight excluding hydrogens is 440 g/mol. The summed E-state index contributed by atoms with van der Waals surface area (Å²) in [6.07, 6.45) is 2.77. The Morgan fingerprint density at radius 3 is 2.79 bits per heavy atom. The highest BCUT2D eigenvalue weighted by Gasteiger charge is 2.28. The van der Waals surface area contributed by atoms with Crippen molar-refractivity contribution in [3.8, 4) is 23.1 Å². The van der Waals surface area contributed by atoms with Crippen molar-refractivity contribution < 1.29 is 19.4 Å².